The highest BCUT2D eigenvalue weighted by atomic mass is 19.4. The highest BCUT2D eigenvalue weighted by Crippen LogP contribution is 2.45. The van der Waals surface area contributed by atoms with Crippen LogP contribution >= 0.6 is 0 Å². The maximum Gasteiger partial charge on any atom is 0.421 e. The Hall–Kier alpha value is -3.32. The number of hydrogen-bond donors (Lipinski definition) is 0. The van der Waals surface area contributed by atoms with Crippen molar-refractivity contribution in [1.82, 2.24) is 0 Å². The Bertz CT molecular complexity index is 1020. The van der Waals surface area contributed by atoms with E-state index < -0.39 is 17.6 Å². The number of alkyl halides is 3. The fourth-order valence-electron chi connectivity index (χ4n) is 3.11. The summed E-state index contributed by atoms with van der Waals surface area (Å²) < 4.78 is 52.9. The van der Waals surface area contributed by atoms with Gasteiger partial charge in [-0.3, -0.25) is 9.69 Å². The first kappa shape index (κ1) is 20.0. The van der Waals surface area contributed by atoms with Crippen molar-refractivity contribution in [3.63, 3.8) is 0 Å². The Morgan fingerprint density at radius 1 is 0.967 bits per heavy atom. The third-order valence-electron chi connectivity index (χ3n) is 4.59. The number of ether oxygens (including phenoxy) is 2. The van der Waals surface area contributed by atoms with Crippen LogP contribution in [0.4, 0.5) is 24.5 Å². The number of nitrogens with zero attached hydrogens (tertiary/aromatic N) is 1. The lowest BCUT2D eigenvalue weighted by Crippen LogP contribution is -2.28. The standard InChI is InChI=1S/C23H18F3NO3/c24-23(25,26)21-19(12-7-13-20(21)30-15-18-14-29-18)27(17-10-5-2-6-11-17)22(28)16-8-3-1-4-9-16/h1-13,18H,14-15H2. The predicted molar refractivity (Wildman–Crippen MR) is 106 cm³/mol. The average Bonchev–Trinajstić information content (AvgIpc) is 3.57. The van der Waals surface area contributed by atoms with Crippen LogP contribution in [0.25, 0.3) is 0 Å². The van der Waals surface area contributed by atoms with Crippen molar-refractivity contribution < 1.29 is 27.4 Å². The van der Waals surface area contributed by atoms with Crippen LogP contribution in [0.5, 0.6) is 5.75 Å². The molecular formula is C23H18F3NO3. The Labute approximate surface area is 171 Å². The van der Waals surface area contributed by atoms with Gasteiger partial charge in [-0.25, -0.2) is 0 Å². The molecule has 4 rings (SSSR count). The molecule has 1 unspecified atom stereocenters. The maximum atomic E-state index is 14.1. The van der Waals surface area contributed by atoms with Gasteiger partial charge in [-0.2, -0.15) is 13.2 Å². The van der Waals surface area contributed by atoms with Gasteiger partial charge < -0.3 is 9.47 Å². The van der Waals surface area contributed by atoms with Gasteiger partial charge in [-0.1, -0.05) is 42.5 Å². The van der Waals surface area contributed by atoms with E-state index in [0.717, 1.165) is 4.90 Å². The summed E-state index contributed by atoms with van der Waals surface area (Å²) in [6, 6.07) is 20.4. The van der Waals surface area contributed by atoms with Gasteiger partial charge in [0.2, 0.25) is 0 Å². The number of benzene rings is 3. The lowest BCUT2D eigenvalue weighted by molar-refractivity contribution is -0.138. The van der Waals surface area contributed by atoms with Crippen LogP contribution in [0.15, 0.2) is 78.9 Å². The number of amides is 1. The summed E-state index contributed by atoms with van der Waals surface area (Å²) in [5.74, 6) is -0.910. The van der Waals surface area contributed by atoms with E-state index in [1.54, 1.807) is 60.7 Å². The van der Waals surface area contributed by atoms with E-state index >= 15 is 0 Å². The van der Waals surface area contributed by atoms with Crippen molar-refractivity contribution in [2.45, 2.75) is 12.3 Å². The Morgan fingerprint density at radius 3 is 2.20 bits per heavy atom. The zero-order valence-electron chi connectivity index (χ0n) is 15.8. The summed E-state index contributed by atoms with van der Waals surface area (Å²) >= 11 is 0. The number of rotatable bonds is 6. The van der Waals surface area contributed by atoms with E-state index in [9.17, 15) is 18.0 Å². The molecule has 0 radical (unpaired) electrons. The van der Waals surface area contributed by atoms with E-state index in [2.05, 4.69) is 0 Å². The van der Waals surface area contributed by atoms with Crippen LogP contribution in [-0.2, 0) is 10.9 Å². The zero-order valence-corrected chi connectivity index (χ0v) is 15.8. The average molecular weight is 413 g/mol. The van der Waals surface area contributed by atoms with Crippen molar-refractivity contribution in [3.8, 4) is 5.75 Å². The molecule has 1 atom stereocenters. The van der Waals surface area contributed by atoms with Crippen molar-refractivity contribution in [3.05, 3.63) is 90.0 Å². The van der Waals surface area contributed by atoms with E-state index in [4.69, 9.17) is 9.47 Å². The molecule has 154 valence electrons. The van der Waals surface area contributed by atoms with Gasteiger partial charge >= 0.3 is 6.18 Å². The second-order valence-electron chi connectivity index (χ2n) is 6.76. The fourth-order valence-corrected chi connectivity index (χ4v) is 3.11. The molecule has 4 nitrogen and oxygen atoms in total. The van der Waals surface area contributed by atoms with Crippen molar-refractivity contribution in [1.29, 1.82) is 0 Å². The molecule has 0 aliphatic carbocycles. The number of carbonyl (C=O) groups is 1. The highest BCUT2D eigenvalue weighted by Gasteiger charge is 2.40. The molecule has 3 aromatic carbocycles. The number of para-hydroxylation sites is 1. The first-order valence-corrected chi connectivity index (χ1v) is 9.34. The second-order valence-corrected chi connectivity index (χ2v) is 6.76. The molecule has 0 N–H and O–H groups in total. The molecule has 0 saturated carbocycles. The van der Waals surface area contributed by atoms with Gasteiger partial charge in [0.1, 0.15) is 24.0 Å². The van der Waals surface area contributed by atoms with Crippen LogP contribution in [0.2, 0.25) is 0 Å². The quantitative estimate of drug-likeness (QED) is 0.504. The molecule has 1 aliphatic heterocycles. The lowest BCUT2D eigenvalue weighted by atomic mass is 10.1. The topological polar surface area (TPSA) is 42.1 Å². The molecule has 1 fully saturated rings. The van der Waals surface area contributed by atoms with Crippen molar-refractivity contribution in [2.24, 2.45) is 0 Å². The van der Waals surface area contributed by atoms with E-state index in [1.807, 2.05) is 0 Å². The van der Waals surface area contributed by atoms with Crippen LogP contribution < -0.4 is 9.64 Å². The predicted octanol–water partition coefficient (Wildman–Crippen LogP) is 5.46. The van der Waals surface area contributed by atoms with Crippen LogP contribution in [0.3, 0.4) is 0 Å². The molecule has 0 bridgehead atoms. The zero-order chi connectivity index (χ0) is 21.1. The van der Waals surface area contributed by atoms with Gasteiger partial charge in [0.25, 0.3) is 5.91 Å². The number of carbonyl (C=O) groups excluding carboxylic acids is 1. The molecule has 1 saturated heterocycles. The molecule has 7 heteroatoms. The van der Waals surface area contributed by atoms with Crippen LogP contribution in [0, 0.1) is 0 Å². The molecule has 3 aromatic rings. The monoisotopic (exact) mass is 413 g/mol. The number of epoxide rings is 1. The van der Waals surface area contributed by atoms with Gasteiger partial charge in [0.15, 0.2) is 0 Å². The summed E-state index contributed by atoms with van der Waals surface area (Å²) in [6.07, 6.45) is -4.94. The van der Waals surface area contributed by atoms with Crippen LogP contribution in [0.1, 0.15) is 15.9 Å². The molecule has 0 aromatic heterocycles. The minimum absolute atomic E-state index is 0.0184. The molecular weight excluding hydrogens is 395 g/mol. The minimum Gasteiger partial charge on any atom is -0.490 e. The summed E-state index contributed by atoms with van der Waals surface area (Å²) in [7, 11) is 0. The third kappa shape index (κ3) is 4.31. The Morgan fingerprint density at radius 2 is 1.60 bits per heavy atom. The SMILES string of the molecule is O=C(c1ccccc1)N(c1ccccc1)c1cccc(OCC2CO2)c1C(F)(F)F. The minimum atomic E-state index is -4.74. The molecule has 0 spiro atoms. The van der Waals surface area contributed by atoms with E-state index in [0.29, 0.717) is 12.3 Å². The molecule has 1 aliphatic rings. The van der Waals surface area contributed by atoms with Gasteiger partial charge in [-0.15, -0.1) is 0 Å². The Kier molecular flexibility index (Phi) is 5.46. The van der Waals surface area contributed by atoms with E-state index in [-0.39, 0.29) is 29.7 Å². The highest BCUT2D eigenvalue weighted by molar-refractivity contribution is 6.11. The van der Waals surface area contributed by atoms with Crippen molar-refractivity contribution >= 4 is 17.3 Å². The number of hydrogen-bond acceptors (Lipinski definition) is 3. The maximum absolute atomic E-state index is 14.1. The third-order valence-corrected chi connectivity index (χ3v) is 4.59. The molecule has 1 heterocycles. The summed E-state index contributed by atoms with van der Waals surface area (Å²) in [5, 5.41) is 0. The molecule has 1 amide bonds. The lowest BCUT2D eigenvalue weighted by Gasteiger charge is -2.27. The largest absolute Gasteiger partial charge is 0.490 e. The summed E-state index contributed by atoms with van der Waals surface area (Å²) in [4.78, 5) is 14.4. The smallest absolute Gasteiger partial charge is 0.421 e. The molecule has 30 heavy (non-hydrogen) atoms. The second kappa shape index (κ2) is 8.20. The summed E-state index contributed by atoms with van der Waals surface area (Å²) in [5.41, 5.74) is -0.706. The van der Waals surface area contributed by atoms with Gasteiger partial charge in [0, 0.05) is 11.3 Å². The van der Waals surface area contributed by atoms with Gasteiger partial charge in [0.05, 0.1) is 12.3 Å². The number of anilines is 2. The Balaban J connectivity index is 1.85. The fraction of sp³-hybridized carbons (Fsp3) is 0.174. The van der Waals surface area contributed by atoms with Crippen molar-refractivity contribution in [2.75, 3.05) is 18.1 Å². The summed E-state index contributed by atoms with van der Waals surface area (Å²) in [6.45, 7) is 0.480. The van der Waals surface area contributed by atoms with Crippen LogP contribution in [-0.4, -0.2) is 25.2 Å². The van der Waals surface area contributed by atoms with E-state index in [1.165, 1.54) is 18.2 Å². The number of halogens is 3. The normalized spacial score (nSPS) is 15.5. The first-order chi connectivity index (χ1) is 14.4. The first-order valence-electron chi connectivity index (χ1n) is 9.34. The van der Waals surface area contributed by atoms with Gasteiger partial charge in [-0.05, 0) is 36.4 Å².